The van der Waals surface area contributed by atoms with Crippen molar-refractivity contribution in [2.24, 2.45) is 7.05 Å². The minimum Gasteiger partial charge on any atom is -0.493 e. The summed E-state index contributed by atoms with van der Waals surface area (Å²) in [6.45, 7) is -0.826. The molecule has 0 aliphatic carbocycles. The third-order valence-corrected chi connectivity index (χ3v) is 5.41. The van der Waals surface area contributed by atoms with Gasteiger partial charge >= 0.3 is 11.9 Å². The van der Waals surface area contributed by atoms with Gasteiger partial charge in [0.2, 0.25) is 0 Å². The van der Waals surface area contributed by atoms with Crippen LogP contribution in [0.4, 0.5) is 13.2 Å². The second-order valence-electron chi connectivity index (χ2n) is 7.73. The molecule has 0 fully saturated rings. The van der Waals surface area contributed by atoms with Crippen LogP contribution in [-0.4, -0.2) is 43.6 Å². The number of benzene rings is 2. The predicted molar refractivity (Wildman–Crippen MR) is 120 cm³/mol. The van der Waals surface area contributed by atoms with E-state index in [0.717, 1.165) is 5.56 Å². The fraction of sp³-hybridized carbons (Fsp3) is 0.261. The number of methoxy groups -OCH3 is 1. The Labute approximate surface area is 196 Å². The molecule has 1 unspecified atom stereocenters. The molecule has 0 bridgehead atoms. The van der Waals surface area contributed by atoms with E-state index < -0.39 is 30.1 Å². The summed E-state index contributed by atoms with van der Waals surface area (Å²) in [6, 6.07) is 14.4. The molecule has 2 aromatic carbocycles. The molecule has 0 radical (unpaired) electrons. The van der Waals surface area contributed by atoms with E-state index in [2.05, 4.69) is 4.98 Å². The number of aryl methyl sites for hydroxylation is 1. The second kappa shape index (κ2) is 9.29. The van der Waals surface area contributed by atoms with Crippen LogP contribution in [0.5, 0.6) is 11.5 Å². The average Bonchev–Trinajstić information content (AvgIpc) is 3.17. The molecule has 2 heterocycles. The number of aromatic amines is 1. The minimum absolute atomic E-state index is 0.127. The van der Waals surface area contributed by atoms with E-state index in [0.29, 0.717) is 28.2 Å². The predicted octanol–water partition coefficient (Wildman–Crippen LogP) is 2.60. The molecule has 0 aliphatic heterocycles. The van der Waals surface area contributed by atoms with Gasteiger partial charge in [0.15, 0.2) is 28.8 Å². The van der Waals surface area contributed by atoms with Gasteiger partial charge in [0, 0.05) is 12.6 Å². The molecule has 2 aromatic heterocycles. The fourth-order valence-electron chi connectivity index (χ4n) is 3.61. The first-order valence-electron chi connectivity index (χ1n) is 10.4. The smallest absolute Gasteiger partial charge is 0.416 e. The number of imidazole rings is 1. The van der Waals surface area contributed by atoms with Gasteiger partial charge in [-0.15, -0.1) is 0 Å². The summed E-state index contributed by atoms with van der Waals surface area (Å²) in [6.07, 6.45) is -7.77. The van der Waals surface area contributed by atoms with Crippen molar-refractivity contribution >= 4 is 11.2 Å². The van der Waals surface area contributed by atoms with Gasteiger partial charge in [0.05, 0.1) is 13.7 Å². The summed E-state index contributed by atoms with van der Waals surface area (Å²) in [5, 5.41) is 9.48. The highest BCUT2D eigenvalue weighted by Gasteiger charge is 2.39. The maximum Gasteiger partial charge on any atom is 0.416 e. The van der Waals surface area contributed by atoms with E-state index in [-0.39, 0.29) is 17.0 Å². The molecule has 184 valence electrons. The number of aliphatic hydroxyl groups is 1. The standard InChI is InChI=1S/C23H21F3N4O5/c1-29-18-20(30(22(33)28-21(18)32)11-17(31)23(24,25)26)27-19(29)14-8-9-15(16(10-14)34-2)35-12-13-6-4-3-5-7-13/h3-10,17,31H,11-12H2,1-2H3,(H,28,32,33). The molecule has 12 heteroatoms. The Hall–Kier alpha value is -4.06. The number of aromatic nitrogens is 4. The molecule has 35 heavy (non-hydrogen) atoms. The number of H-pyrrole nitrogens is 1. The van der Waals surface area contributed by atoms with Crippen LogP contribution in [-0.2, 0) is 20.2 Å². The van der Waals surface area contributed by atoms with Crippen LogP contribution in [0.1, 0.15) is 5.56 Å². The van der Waals surface area contributed by atoms with Crippen LogP contribution >= 0.6 is 0 Å². The topological polar surface area (TPSA) is 111 Å². The molecule has 2 N–H and O–H groups in total. The first-order valence-corrected chi connectivity index (χ1v) is 10.4. The summed E-state index contributed by atoms with van der Waals surface area (Å²) >= 11 is 0. The Kier molecular flexibility index (Phi) is 6.39. The van der Waals surface area contributed by atoms with Gasteiger partial charge in [-0.1, -0.05) is 30.3 Å². The van der Waals surface area contributed by atoms with Gasteiger partial charge < -0.3 is 19.1 Å². The molecule has 1 atom stereocenters. The van der Waals surface area contributed by atoms with Crippen molar-refractivity contribution in [2.75, 3.05) is 7.11 Å². The number of aliphatic hydroxyl groups excluding tert-OH is 1. The van der Waals surface area contributed by atoms with Crippen molar-refractivity contribution < 1.29 is 27.8 Å². The largest absolute Gasteiger partial charge is 0.493 e. The lowest BCUT2D eigenvalue weighted by Crippen LogP contribution is -2.39. The number of alkyl halides is 3. The van der Waals surface area contributed by atoms with E-state index in [1.54, 1.807) is 18.2 Å². The third-order valence-electron chi connectivity index (χ3n) is 5.41. The summed E-state index contributed by atoms with van der Waals surface area (Å²) < 4.78 is 51.9. The van der Waals surface area contributed by atoms with Crippen LogP contribution in [0.15, 0.2) is 58.1 Å². The number of rotatable bonds is 7. The monoisotopic (exact) mass is 490 g/mol. The summed E-state index contributed by atoms with van der Waals surface area (Å²) in [5.41, 5.74) is -0.939. The van der Waals surface area contributed by atoms with Crippen LogP contribution < -0.4 is 20.7 Å². The third kappa shape index (κ3) is 4.78. The molecule has 0 amide bonds. The van der Waals surface area contributed by atoms with Gasteiger partial charge in [-0.2, -0.15) is 13.2 Å². The number of halogens is 3. The molecule has 4 rings (SSSR count). The van der Waals surface area contributed by atoms with Crippen molar-refractivity contribution in [3.63, 3.8) is 0 Å². The van der Waals surface area contributed by atoms with Gasteiger partial charge in [-0.25, -0.2) is 9.78 Å². The first kappa shape index (κ1) is 24.1. The molecule has 4 aromatic rings. The summed E-state index contributed by atoms with van der Waals surface area (Å²) in [5.74, 6) is 1.01. The Morgan fingerprint density at radius 3 is 2.49 bits per heavy atom. The van der Waals surface area contributed by atoms with E-state index in [9.17, 15) is 27.9 Å². The van der Waals surface area contributed by atoms with Crippen molar-refractivity contribution in [1.82, 2.24) is 19.1 Å². The van der Waals surface area contributed by atoms with E-state index in [1.807, 2.05) is 35.3 Å². The average molecular weight is 490 g/mol. The van der Waals surface area contributed by atoms with Gasteiger partial charge in [0.1, 0.15) is 12.4 Å². The number of fused-ring (bicyclic) bond motifs is 1. The summed E-state index contributed by atoms with van der Waals surface area (Å²) in [7, 11) is 2.94. The lowest BCUT2D eigenvalue weighted by molar-refractivity contribution is -0.207. The fourth-order valence-corrected chi connectivity index (χ4v) is 3.61. The minimum atomic E-state index is -4.96. The zero-order valence-electron chi connectivity index (χ0n) is 18.7. The highest BCUT2D eigenvalue weighted by Crippen LogP contribution is 2.33. The Morgan fingerprint density at radius 1 is 1.11 bits per heavy atom. The Balaban J connectivity index is 1.75. The number of nitrogens with one attached hydrogen (secondary N) is 1. The molecule has 9 nitrogen and oxygen atoms in total. The van der Waals surface area contributed by atoms with Crippen LogP contribution in [0.2, 0.25) is 0 Å². The zero-order valence-corrected chi connectivity index (χ0v) is 18.7. The highest BCUT2D eigenvalue weighted by molar-refractivity contribution is 5.77. The maximum absolute atomic E-state index is 12.9. The van der Waals surface area contributed by atoms with Crippen LogP contribution in [0.3, 0.4) is 0 Å². The molecular formula is C23H21F3N4O5. The van der Waals surface area contributed by atoms with Crippen molar-refractivity contribution in [1.29, 1.82) is 0 Å². The molecule has 0 spiro atoms. The number of hydrogen-bond acceptors (Lipinski definition) is 6. The van der Waals surface area contributed by atoms with Gasteiger partial charge in [-0.3, -0.25) is 14.3 Å². The quantitative estimate of drug-likeness (QED) is 0.412. The maximum atomic E-state index is 12.9. The van der Waals surface area contributed by atoms with Crippen molar-refractivity contribution in [2.45, 2.75) is 25.4 Å². The highest BCUT2D eigenvalue weighted by atomic mass is 19.4. The van der Waals surface area contributed by atoms with Gasteiger partial charge in [0.25, 0.3) is 5.56 Å². The van der Waals surface area contributed by atoms with Gasteiger partial charge in [-0.05, 0) is 23.8 Å². The molecule has 0 saturated carbocycles. The number of nitrogens with zero attached hydrogens (tertiary/aromatic N) is 3. The van der Waals surface area contributed by atoms with E-state index in [1.165, 1.54) is 18.7 Å². The van der Waals surface area contributed by atoms with Crippen molar-refractivity contribution in [3.8, 4) is 22.9 Å². The van der Waals surface area contributed by atoms with E-state index in [4.69, 9.17) is 9.47 Å². The Morgan fingerprint density at radius 2 is 1.83 bits per heavy atom. The molecule has 0 saturated heterocycles. The molecule has 0 aliphatic rings. The first-order chi connectivity index (χ1) is 16.6. The van der Waals surface area contributed by atoms with Crippen molar-refractivity contribution in [3.05, 3.63) is 74.9 Å². The molecular weight excluding hydrogens is 469 g/mol. The van der Waals surface area contributed by atoms with Crippen LogP contribution in [0, 0.1) is 0 Å². The lowest BCUT2D eigenvalue weighted by atomic mass is 10.2. The number of ether oxygens (including phenoxy) is 2. The normalized spacial score (nSPS) is 12.6. The number of hydrogen-bond donors (Lipinski definition) is 2. The van der Waals surface area contributed by atoms with Crippen LogP contribution in [0.25, 0.3) is 22.6 Å². The SMILES string of the molecule is COc1cc(-c2nc3c(c(=O)[nH]c(=O)n3CC(O)C(F)(F)F)n2C)ccc1OCc1ccccc1. The van der Waals surface area contributed by atoms with E-state index >= 15 is 0 Å². The Bertz CT molecular complexity index is 1480. The second-order valence-corrected chi connectivity index (χ2v) is 7.73. The lowest BCUT2D eigenvalue weighted by Gasteiger charge is -2.15. The zero-order chi connectivity index (χ0) is 25.3. The summed E-state index contributed by atoms with van der Waals surface area (Å²) in [4.78, 5) is 30.9.